The average molecular weight is 395 g/mol. The lowest BCUT2D eigenvalue weighted by molar-refractivity contribution is 0.0650. The molecule has 0 aromatic heterocycles. The number of amides is 1. The quantitative estimate of drug-likeness (QED) is 0.685. The zero-order valence-corrected chi connectivity index (χ0v) is 17.3. The van der Waals surface area contributed by atoms with Crippen LogP contribution >= 0.6 is 0 Å². The maximum atomic E-state index is 12.9. The Morgan fingerprint density at radius 2 is 1.83 bits per heavy atom. The first-order valence-electron chi connectivity index (χ1n) is 10.2. The smallest absolute Gasteiger partial charge is 0.253 e. The minimum atomic E-state index is 0.0740. The molecule has 0 spiro atoms. The summed E-state index contributed by atoms with van der Waals surface area (Å²) >= 11 is 0. The lowest BCUT2D eigenvalue weighted by Gasteiger charge is -2.34. The van der Waals surface area contributed by atoms with Crippen molar-refractivity contribution in [3.05, 3.63) is 71.3 Å². The fourth-order valence-corrected chi connectivity index (χ4v) is 3.50. The van der Waals surface area contributed by atoms with Gasteiger partial charge in [0.05, 0.1) is 13.2 Å². The normalized spacial score (nSPS) is 15.0. The van der Waals surface area contributed by atoms with E-state index in [2.05, 4.69) is 29.2 Å². The number of rotatable bonds is 8. The molecule has 0 aliphatic carbocycles. The number of methoxy groups -OCH3 is 1. The van der Waals surface area contributed by atoms with Crippen LogP contribution in [0, 0.1) is 0 Å². The Hall–Kier alpha value is -2.63. The topological polar surface area (TPSA) is 42.0 Å². The number of piperazine rings is 1. The van der Waals surface area contributed by atoms with Crippen molar-refractivity contribution in [1.29, 1.82) is 0 Å². The van der Waals surface area contributed by atoms with E-state index < -0.39 is 0 Å². The van der Waals surface area contributed by atoms with Crippen molar-refractivity contribution >= 4 is 12.0 Å². The van der Waals surface area contributed by atoms with Gasteiger partial charge in [0, 0.05) is 51.0 Å². The Morgan fingerprint density at radius 1 is 1.07 bits per heavy atom. The third-order valence-corrected chi connectivity index (χ3v) is 5.04. The van der Waals surface area contributed by atoms with E-state index >= 15 is 0 Å². The summed E-state index contributed by atoms with van der Waals surface area (Å²) < 4.78 is 10.9. The predicted octanol–water partition coefficient (Wildman–Crippen LogP) is 3.70. The van der Waals surface area contributed by atoms with E-state index in [1.807, 2.05) is 48.2 Å². The number of benzene rings is 2. The van der Waals surface area contributed by atoms with E-state index in [1.165, 1.54) is 5.56 Å². The molecular formula is C24H30N2O3. The molecule has 0 radical (unpaired) electrons. The Labute approximate surface area is 173 Å². The lowest BCUT2D eigenvalue weighted by Crippen LogP contribution is -2.48. The minimum absolute atomic E-state index is 0.0740. The van der Waals surface area contributed by atoms with Gasteiger partial charge < -0.3 is 14.4 Å². The maximum absolute atomic E-state index is 12.9. The standard InChI is InChI=1S/C24H30N2O3/c1-3-29-23-12-11-21(18-22(23)19-28-2)24(27)26-16-14-25(15-17-26)13-7-10-20-8-5-4-6-9-20/h4-12,18H,3,13-17,19H2,1-2H3/b10-7+. The van der Waals surface area contributed by atoms with Crippen molar-refractivity contribution in [2.45, 2.75) is 13.5 Å². The third-order valence-electron chi connectivity index (χ3n) is 5.04. The summed E-state index contributed by atoms with van der Waals surface area (Å²) in [6, 6.07) is 15.9. The molecule has 0 N–H and O–H groups in total. The summed E-state index contributed by atoms with van der Waals surface area (Å²) in [7, 11) is 1.65. The van der Waals surface area contributed by atoms with Gasteiger partial charge in [0.1, 0.15) is 5.75 Å². The number of carbonyl (C=O) groups is 1. The summed E-state index contributed by atoms with van der Waals surface area (Å²) in [5.41, 5.74) is 2.81. The van der Waals surface area contributed by atoms with E-state index in [4.69, 9.17) is 9.47 Å². The van der Waals surface area contributed by atoms with Gasteiger partial charge in [-0.25, -0.2) is 0 Å². The van der Waals surface area contributed by atoms with Crippen LogP contribution in [0.2, 0.25) is 0 Å². The minimum Gasteiger partial charge on any atom is -0.494 e. The molecule has 1 aliphatic heterocycles. The summed E-state index contributed by atoms with van der Waals surface area (Å²) in [6.07, 6.45) is 4.34. The Balaban J connectivity index is 1.54. The van der Waals surface area contributed by atoms with E-state index in [9.17, 15) is 4.79 Å². The maximum Gasteiger partial charge on any atom is 0.253 e. The molecule has 1 saturated heterocycles. The molecule has 2 aromatic carbocycles. The molecule has 0 bridgehead atoms. The molecule has 154 valence electrons. The highest BCUT2D eigenvalue weighted by molar-refractivity contribution is 5.94. The molecular weight excluding hydrogens is 364 g/mol. The molecule has 1 fully saturated rings. The van der Waals surface area contributed by atoms with Crippen LogP contribution in [0.3, 0.4) is 0 Å². The average Bonchev–Trinajstić information content (AvgIpc) is 2.76. The summed E-state index contributed by atoms with van der Waals surface area (Å²) in [5, 5.41) is 0. The first-order chi connectivity index (χ1) is 14.2. The number of carbonyl (C=O) groups excluding carboxylic acids is 1. The molecule has 5 nitrogen and oxygen atoms in total. The zero-order valence-electron chi connectivity index (χ0n) is 17.3. The Kier molecular flexibility index (Phi) is 7.85. The first-order valence-corrected chi connectivity index (χ1v) is 10.2. The van der Waals surface area contributed by atoms with Crippen molar-refractivity contribution in [2.75, 3.05) is 46.4 Å². The third kappa shape index (κ3) is 5.92. The summed E-state index contributed by atoms with van der Waals surface area (Å²) in [6.45, 7) is 7.11. The highest BCUT2D eigenvalue weighted by Gasteiger charge is 2.22. The zero-order chi connectivity index (χ0) is 20.5. The van der Waals surface area contributed by atoms with Gasteiger partial charge in [-0.15, -0.1) is 0 Å². The molecule has 29 heavy (non-hydrogen) atoms. The second kappa shape index (κ2) is 10.8. The van der Waals surface area contributed by atoms with Gasteiger partial charge in [-0.3, -0.25) is 9.69 Å². The SMILES string of the molecule is CCOc1ccc(C(=O)N2CCN(C/C=C/c3ccccc3)CC2)cc1COC. The van der Waals surface area contributed by atoms with Crippen LogP contribution in [0.4, 0.5) is 0 Å². The predicted molar refractivity (Wildman–Crippen MR) is 116 cm³/mol. The van der Waals surface area contributed by atoms with Crippen molar-refractivity contribution < 1.29 is 14.3 Å². The van der Waals surface area contributed by atoms with Crippen molar-refractivity contribution in [1.82, 2.24) is 9.80 Å². The summed E-state index contributed by atoms with van der Waals surface area (Å²) in [5.74, 6) is 0.853. The fourth-order valence-electron chi connectivity index (χ4n) is 3.50. The van der Waals surface area contributed by atoms with Gasteiger partial charge in [0.15, 0.2) is 0 Å². The number of hydrogen-bond donors (Lipinski definition) is 0. The number of ether oxygens (including phenoxy) is 2. The van der Waals surface area contributed by atoms with Crippen LogP contribution in [0.5, 0.6) is 5.75 Å². The van der Waals surface area contributed by atoms with Gasteiger partial charge in [-0.2, -0.15) is 0 Å². The highest BCUT2D eigenvalue weighted by atomic mass is 16.5. The van der Waals surface area contributed by atoms with Gasteiger partial charge >= 0.3 is 0 Å². The van der Waals surface area contributed by atoms with Crippen molar-refractivity contribution in [3.63, 3.8) is 0 Å². The molecule has 2 aromatic rings. The van der Waals surface area contributed by atoms with E-state index in [0.717, 1.165) is 44.0 Å². The number of hydrogen-bond acceptors (Lipinski definition) is 4. The van der Waals surface area contributed by atoms with Crippen LogP contribution < -0.4 is 4.74 Å². The van der Waals surface area contributed by atoms with Crippen LogP contribution in [-0.2, 0) is 11.3 Å². The van der Waals surface area contributed by atoms with Gasteiger partial charge in [0.25, 0.3) is 5.91 Å². The fraction of sp³-hybridized carbons (Fsp3) is 0.375. The largest absolute Gasteiger partial charge is 0.494 e. The number of nitrogens with zero attached hydrogens (tertiary/aromatic N) is 2. The molecule has 3 rings (SSSR count). The Bertz CT molecular complexity index is 812. The van der Waals surface area contributed by atoms with Gasteiger partial charge in [0.2, 0.25) is 0 Å². The van der Waals surface area contributed by atoms with Gasteiger partial charge in [-0.1, -0.05) is 42.5 Å². The van der Waals surface area contributed by atoms with Crippen LogP contribution in [0.25, 0.3) is 6.08 Å². The van der Waals surface area contributed by atoms with E-state index in [1.54, 1.807) is 7.11 Å². The molecule has 0 atom stereocenters. The second-order valence-electron chi connectivity index (χ2n) is 7.09. The van der Waals surface area contributed by atoms with Crippen LogP contribution in [-0.4, -0.2) is 62.1 Å². The van der Waals surface area contributed by atoms with Crippen LogP contribution in [0.15, 0.2) is 54.6 Å². The van der Waals surface area contributed by atoms with Crippen molar-refractivity contribution in [2.24, 2.45) is 0 Å². The first kappa shape index (κ1) is 21.1. The van der Waals surface area contributed by atoms with E-state index in [-0.39, 0.29) is 5.91 Å². The Morgan fingerprint density at radius 3 is 2.52 bits per heavy atom. The van der Waals surface area contributed by atoms with Crippen molar-refractivity contribution in [3.8, 4) is 5.75 Å². The van der Waals surface area contributed by atoms with Crippen LogP contribution in [0.1, 0.15) is 28.4 Å². The molecule has 1 aliphatic rings. The molecule has 0 saturated carbocycles. The molecule has 1 heterocycles. The highest BCUT2D eigenvalue weighted by Crippen LogP contribution is 2.22. The molecule has 1 amide bonds. The van der Waals surface area contributed by atoms with Gasteiger partial charge in [-0.05, 0) is 30.7 Å². The second-order valence-corrected chi connectivity index (χ2v) is 7.09. The lowest BCUT2D eigenvalue weighted by atomic mass is 10.1. The van der Waals surface area contributed by atoms with E-state index in [0.29, 0.717) is 18.8 Å². The monoisotopic (exact) mass is 394 g/mol. The summed E-state index contributed by atoms with van der Waals surface area (Å²) in [4.78, 5) is 17.2. The molecule has 5 heteroatoms. The molecule has 0 unspecified atom stereocenters.